The largest absolute Gasteiger partial charge is 0.489 e. The van der Waals surface area contributed by atoms with E-state index in [1.807, 2.05) is 0 Å². The molecule has 0 saturated heterocycles. The van der Waals surface area contributed by atoms with Gasteiger partial charge in [-0.2, -0.15) is 26.3 Å². The minimum absolute atomic E-state index is 0.0129. The SMILES string of the molecule is CC(C)(C)[Si](C)(C)O[C@H]1CCc2c1ccc(C(F)(F)F)c2B(O)O.CC(C)(C)[Si](C)(C)O[C@H]1CCc2c1ccc(C(F)(F)F)c2Br. The number of rotatable bonds is 5. The fourth-order valence-corrected chi connectivity index (χ4v) is 8.79. The van der Waals surface area contributed by atoms with Crippen LogP contribution in [0.15, 0.2) is 28.7 Å². The summed E-state index contributed by atoms with van der Waals surface area (Å²) < 4.78 is 91.4. The second-order valence-corrected chi connectivity index (χ2v) is 25.6. The van der Waals surface area contributed by atoms with E-state index in [2.05, 4.69) is 83.7 Å². The number of halogens is 7. The number of benzene rings is 2. The molecule has 0 bridgehead atoms. The highest BCUT2D eigenvalue weighted by Crippen LogP contribution is 2.48. The topological polar surface area (TPSA) is 58.9 Å². The summed E-state index contributed by atoms with van der Waals surface area (Å²) >= 11 is 3.15. The third-order valence-corrected chi connectivity index (χ3v) is 19.9. The maximum atomic E-state index is 13.2. The summed E-state index contributed by atoms with van der Waals surface area (Å²) in [7, 11) is -6.17. The van der Waals surface area contributed by atoms with Crippen LogP contribution in [0.4, 0.5) is 26.3 Å². The molecule has 2 aliphatic carbocycles. The molecule has 0 unspecified atom stereocenters. The van der Waals surface area contributed by atoms with Gasteiger partial charge in [0.1, 0.15) is 0 Å². The molecule has 2 aromatic carbocycles. The normalized spacial score (nSPS) is 19.0. The van der Waals surface area contributed by atoms with E-state index in [9.17, 15) is 36.4 Å². The highest BCUT2D eigenvalue weighted by atomic mass is 79.9. The lowest BCUT2D eigenvalue weighted by atomic mass is 9.72. The van der Waals surface area contributed by atoms with Gasteiger partial charge >= 0.3 is 19.5 Å². The molecule has 0 saturated carbocycles. The zero-order valence-corrected chi connectivity index (χ0v) is 31.8. The van der Waals surface area contributed by atoms with Gasteiger partial charge in [0.25, 0.3) is 0 Å². The zero-order valence-electron chi connectivity index (χ0n) is 28.2. The monoisotopic (exact) mass is 754 g/mol. The maximum Gasteiger partial charge on any atom is 0.489 e. The molecular formula is C32H46BBrF6O4Si2. The summed E-state index contributed by atoms with van der Waals surface area (Å²) in [5, 5.41) is 19.1. The molecule has 0 radical (unpaired) electrons. The minimum atomic E-state index is -4.62. The molecule has 2 aromatic rings. The molecule has 0 amide bonds. The quantitative estimate of drug-likeness (QED) is 0.236. The van der Waals surface area contributed by atoms with E-state index in [1.54, 1.807) is 6.07 Å². The number of alkyl halides is 6. The van der Waals surface area contributed by atoms with Crippen LogP contribution in [0.2, 0.25) is 36.3 Å². The predicted molar refractivity (Wildman–Crippen MR) is 179 cm³/mol. The van der Waals surface area contributed by atoms with Gasteiger partial charge in [-0.25, -0.2) is 0 Å². The van der Waals surface area contributed by atoms with E-state index in [-0.39, 0.29) is 26.8 Å². The first-order valence-corrected chi connectivity index (χ1v) is 22.0. The van der Waals surface area contributed by atoms with Crippen LogP contribution in [0.1, 0.15) is 100.0 Å². The lowest BCUT2D eigenvalue weighted by Gasteiger charge is -2.38. The second-order valence-electron chi connectivity index (χ2n) is 15.3. The van der Waals surface area contributed by atoms with Crippen molar-refractivity contribution < 1.29 is 45.2 Å². The fourth-order valence-electron chi connectivity index (χ4n) is 5.39. The first kappa shape index (κ1) is 39.3. The van der Waals surface area contributed by atoms with Crippen LogP contribution in [0.3, 0.4) is 0 Å². The van der Waals surface area contributed by atoms with Gasteiger partial charge in [-0.15, -0.1) is 0 Å². The number of hydrogen-bond acceptors (Lipinski definition) is 4. The lowest BCUT2D eigenvalue weighted by Crippen LogP contribution is -2.42. The Morgan fingerprint density at radius 1 is 0.674 bits per heavy atom. The minimum Gasteiger partial charge on any atom is -0.423 e. The Kier molecular flexibility index (Phi) is 11.3. The highest BCUT2D eigenvalue weighted by molar-refractivity contribution is 9.10. The van der Waals surface area contributed by atoms with Crippen molar-refractivity contribution in [1.82, 2.24) is 0 Å². The summed E-state index contributed by atoms with van der Waals surface area (Å²) in [6.45, 7) is 21.3. The van der Waals surface area contributed by atoms with E-state index in [0.717, 1.165) is 29.7 Å². The molecule has 258 valence electrons. The van der Waals surface area contributed by atoms with Crippen LogP contribution in [0.25, 0.3) is 0 Å². The second kappa shape index (κ2) is 13.3. The Labute approximate surface area is 279 Å². The van der Waals surface area contributed by atoms with Crippen molar-refractivity contribution in [3.8, 4) is 0 Å². The lowest BCUT2D eigenvalue weighted by molar-refractivity contribution is -0.138. The standard InChI is InChI=1S/C16H24BF3O3Si.C16H22BrF3OSi/c1-15(2,3)24(4,5)23-13-9-7-11-10(13)6-8-12(16(18,19)20)14(11)17(21)22;1-15(2,3)22(4,5)21-13-9-7-11-10(13)6-8-12(14(11)17)16(18,19)20/h6,8,13,21-22H,7,9H2,1-5H3;6,8,13H,7,9H2,1-5H3/t2*13-/m00/s1. The number of fused-ring (bicyclic) bond motifs is 2. The molecule has 0 fully saturated rings. The van der Waals surface area contributed by atoms with Crippen LogP contribution in [0, 0.1) is 0 Å². The van der Waals surface area contributed by atoms with Gasteiger partial charge < -0.3 is 18.9 Å². The van der Waals surface area contributed by atoms with Gasteiger partial charge in [0.2, 0.25) is 0 Å². The summed E-state index contributed by atoms with van der Waals surface area (Å²) in [4.78, 5) is 0. The van der Waals surface area contributed by atoms with E-state index < -0.39 is 52.7 Å². The predicted octanol–water partition coefficient (Wildman–Crippen LogP) is 9.87. The van der Waals surface area contributed by atoms with Crippen LogP contribution >= 0.6 is 15.9 Å². The van der Waals surface area contributed by atoms with E-state index in [0.29, 0.717) is 30.4 Å². The van der Waals surface area contributed by atoms with Crippen LogP contribution < -0.4 is 5.46 Å². The highest BCUT2D eigenvalue weighted by Gasteiger charge is 2.45. The Balaban J connectivity index is 0.000000251. The van der Waals surface area contributed by atoms with Crippen molar-refractivity contribution in [3.63, 3.8) is 0 Å². The van der Waals surface area contributed by atoms with Gasteiger partial charge in [0, 0.05) is 4.47 Å². The summed E-state index contributed by atoms with van der Waals surface area (Å²) in [5.74, 6) is 0. The summed E-state index contributed by atoms with van der Waals surface area (Å²) in [6.07, 6.45) is -7.04. The van der Waals surface area contributed by atoms with Crippen LogP contribution in [-0.2, 0) is 34.0 Å². The van der Waals surface area contributed by atoms with Gasteiger partial charge in [-0.05, 0) is 118 Å². The summed E-state index contributed by atoms with van der Waals surface area (Å²) in [5.41, 5.74) is 0.660. The smallest absolute Gasteiger partial charge is 0.423 e. The van der Waals surface area contributed by atoms with Crippen molar-refractivity contribution in [3.05, 3.63) is 62.1 Å². The van der Waals surface area contributed by atoms with Crippen molar-refractivity contribution >= 4 is 45.1 Å². The molecule has 4 nitrogen and oxygen atoms in total. The molecule has 0 aromatic heterocycles. The molecule has 2 aliphatic rings. The average Bonchev–Trinajstić information content (AvgIpc) is 3.45. The van der Waals surface area contributed by atoms with Crippen LogP contribution in [0.5, 0.6) is 0 Å². The number of hydrogen-bond donors (Lipinski definition) is 2. The van der Waals surface area contributed by atoms with E-state index in [4.69, 9.17) is 8.85 Å². The molecule has 2 N–H and O–H groups in total. The Morgan fingerprint density at radius 3 is 1.41 bits per heavy atom. The molecule has 0 aliphatic heterocycles. The van der Waals surface area contributed by atoms with Crippen molar-refractivity contribution in [2.45, 2.75) is 128 Å². The van der Waals surface area contributed by atoms with E-state index in [1.165, 1.54) is 6.07 Å². The van der Waals surface area contributed by atoms with Crippen LogP contribution in [-0.4, -0.2) is 33.8 Å². The van der Waals surface area contributed by atoms with Gasteiger partial charge in [-0.1, -0.05) is 53.7 Å². The third kappa shape index (κ3) is 8.34. The van der Waals surface area contributed by atoms with Crippen molar-refractivity contribution in [2.75, 3.05) is 0 Å². The molecule has 46 heavy (non-hydrogen) atoms. The van der Waals surface area contributed by atoms with Gasteiger partial charge in [0.05, 0.1) is 23.3 Å². The van der Waals surface area contributed by atoms with Gasteiger partial charge in [0.15, 0.2) is 16.6 Å². The molecule has 14 heteroatoms. The fraction of sp³-hybridized carbons (Fsp3) is 0.625. The van der Waals surface area contributed by atoms with E-state index >= 15 is 0 Å². The Bertz CT molecular complexity index is 1420. The first-order valence-electron chi connectivity index (χ1n) is 15.4. The summed E-state index contributed by atoms with van der Waals surface area (Å²) in [6, 6.07) is 5.11. The Hall–Kier alpha value is -1.16. The maximum absolute atomic E-state index is 13.2. The molecular weight excluding hydrogens is 709 g/mol. The Morgan fingerprint density at radius 2 is 1.04 bits per heavy atom. The third-order valence-electron chi connectivity index (χ3n) is 10.0. The van der Waals surface area contributed by atoms with Crippen molar-refractivity contribution in [2.24, 2.45) is 0 Å². The molecule has 0 spiro atoms. The molecule has 2 atom stereocenters. The molecule has 0 heterocycles. The zero-order chi connectivity index (χ0) is 35.4. The van der Waals surface area contributed by atoms with Gasteiger partial charge in [-0.3, -0.25) is 0 Å². The van der Waals surface area contributed by atoms with Crippen molar-refractivity contribution in [1.29, 1.82) is 0 Å². The molecule has 4 rings (SSSR count). The first-order chi connectivity index (χ1) is 20.6. The average molecular weight is 756 g/mol.